The molecule has 2 aromatic carbocycles. The number of ether oxygens (including phenoxy) is 1. The Kier molecular flexibility index (Phi) is 9.06. The summed E-state index contributed by atoms with van der Waals surface area (Å²) < 4.78 is 5.18. The van der Waals surface area contributed by atoms with Crippen molar-refractivity contribution in [2.75, 3.05) is 18.2 Å². The molecule has 0 aromatic heterocycles. The van der Waals surface area contributed by atoms with Gasteiger partial charge in [-0.1, -0.05) is 12.1 Å². The maximum atomic E-state index is 12.4. The van der Waals surface area contributed by atoms with Gasteiger partial charge in [-0.15, -0.1) is 11.8 Å². The lowest BCUT2D eigenvalue weighted by Gasteiger charge is -2.30. The van der Waals surface area contributed by atoms with Gasteiger partial charge in [-0.05, 0) is 48.9 Å². The monoisotopic (exact) mass is 484 g/mol. The molecule has 1 aliphatic rings. The predicted molar refractivity (Wildman–Crippen MR) is 130 cm³/mol. The van der Waals surface area contributed by atoms with Crippen LogP contribution in [-0.4, -0.2) is 47.9 Å². The third-order valence-corrected chi connectivity index (χ3v) is 6.14. The van der Waals surface area contributed by atoms with Gasteiger partial charge in [-0.25, -0.2) is 0 Å². The standard InChI is InChI=1S/C24H28N4O5S/c1-15(29)17-6-8-18(9-7-17)26-23(32)14-34-24-27-19(12-22(31)28-24)11-21(30)25-13-16-4-3-5-20(10-16)33-2/h3-10,19,24,27H,11-14H2,1-2H3,(H,25,30)(H,26,32)(H,28,31). The minimum atomic E-state index is -0.483. The van der Waals surface area contributed by atoms with Gasteiger partial charge in [0.15, 0.2) is 5.78 Å². The van der Waals surface area contributed by atoms with E-state index in [0.29, 0.717) is 23.5 Å². The number of carbonyl (C=O) groups excluding carboxylic acids is 4. The number of carbonyl (C=O) groups is 4. The van der Waals surface area contributed by atoms with Crippen LogP contribution in [0.25, 0.3) is 0 Å². The number of Topliss-reactive ketones (excluding diaryl/α,β-unsaturated/α-hetero) is 1. The molecule has 180 valence electrons. The minimum Gasteiger partial charge on any atom is -0.497 e. The Bertz CT molecular complexity index is 1040. The highest BCUT2D eigenvalue weighted by Gasteiger charge is 2.28. The summed E-state index contributed by atoms with van der Waals surface area (Å²) in [5.74, 6) is 0.175. The minimum absolute atomic E-state index is 0.0453. The molecule has 9 nitrogen and oxygen atoms in total. The summed E-state index contributed by atoms with van der Waals surface area (Å²) >= 11 is 1.23. The summed E-state index contributed by atoms with van der Waals surface area (Å²) in [7, 11) is 1.59. The second-order valence-electron chi connectivity index (χ2n) is 7.84. The fourth-order valence-corrected chi connectivity index (χ4v) is 4.28. The Morgan fingerprint density at radius 3 is 2.59 bits per heavy atom. The number of ketones is 1. The van der Waals surface area contributed by atoms with E-state index < -0.39 is 5.50 Å². The van der Waals surface area contributed by atoms with Crippen molar-refractivity contribution in [1.29, 1.82) is 0 Å². The number of nitrogens with one attached hydrogen (secondary N) is 4. The van der Waals surface area contributed by atoms with Crippen LogP contribution in [-0.2, 0) is 20.9 Å². The number of methoxy groups -OCH3 is 1. The quantitative estimate of drug-likeness (QED) is 0.380. The normalized spacial score (nSPS) is 17.4. The Labute approximate surface area is 202 Å². The lowest BCUT2D eigenvalue weighted by molar-refractivity contribution is -0.125. The van der Waals surface area contributed by atoms with Crippen molar-refractivity contribution in [3.63, 3.8) is 0 Å². The molecule has 3 amide bonds. The van der Waals surface area contributed by atoms with Crippen LogP contribution in [0, 0.1) is 0 Å². The van der Waals surface area contributed by atoms with Gasteiger partial charge in [0.05, 0.1) is 12.9 Å². The van der Waals surface area contributed by atoms with Crippen molar-refractivity contribution in [3.8, 4) is 5.75 Å². The van der Waals surface area contributed by atoms with Crippen LogP contribution in [0.5, 0.6) is 5.75 Å². The Morgan fingerprint density at radius 2 is 1.88 bits per heavy atom. The zero-order valence-corrected chi connectivity index (χ0v) is 19.9. The van der Waals surface area contributed by atoms with Crippen LogP contribution in [0.4, 0.5) is 5.69 Å². The zero-order valence-electron chi connectivity index (χ0n) is 19.1. The van der Waals surface area contributed by atoms with Gasteiger partial charge in [0, 0.05) is 36.7 Å². The van der Waals surface area contributed by atoms with E-state index in [2.05, 4.69) is 21.3 Å². The first kappa shape index (κ1) is 25.3. The fourth-order valence-electron chi connectivity index (χ4n) is 3.39. The van der Waals surface area contributed by atoms with Crippen molar-refractivity contribution in [3.05, 3.63) is 59.7 Å². The summed E-state index contributed by atoms with van der Waals surface area (Å²) in [4.78, 5) is 48.1. The largest absolute Gasteiger partial charge is 0.497 e. The average Bonchev–Trinajstić information content (AvgIpc) is 2.81. The lowest BCUT2D eigenvalue weighted by atomic mass is 10.1. The molecule has 2 unspecified atom stereocenters. The first-order chi connectivity index (χ1) is 16.3. The fraction of sp³-hybridized carbons (Fsp3) is 0.333. The molecule has 34 heavy (non-hydrogen) atoms. The molecule has 4 N–H and O–H groups in total. The van der Waals surface area contributed by atoms with Crippen molar-refractivity contribution in [1.82, 2.24) is 16.0 Å². The van der Waals surface area contributed by atoms with Crippen molar-refractivity contribution in [2.24, 2.45) is 0 Å². The van der Waals surface area contributed by atoms with Crippen molar-refractivity contribution < 1.29 is 23.9 Å². The maximum Gasteiger partial charge on any atom is 0.234 e. The third-order valence-electron chi connectivity index (χ3n) is 5.12. The number of rotatable bonds is 10. The Balaban J connectivity index is 1.42. The molecule has 1 fully saturated rings. The first-order valence-electron chi connectivity index (χ1n) is 10.8. The van der Waals surface area contributed by atoms with Gasteiger partial charge < -0.3 is 20.7 Å². The molecule has 0 radical (unpaired) electrons. The van der Waals surface area contributed by atoms with E-state index in [9.17, 15) is 19.2 Å². The van der Waals surface area contributed by atoms with Gasteiger partial charge in [-0.2, -0.15) is 0 Å². The zero-order chi connectivity index (χ0) is 24.5. The molecule has 1 heterocycles. The lowest BCUT2D eigenvalue weighted by Crippen LogP contribution is -2.56. The molecule has 0 bridgehead atoms. The van der Waals surface area contributed by atoms with E-state index in [4.69, 9.17) is 4.74 Å². The Hall–Kier alpha value is -3.37. The molecule has 3 rings (SSSR count). The molecule has 1 aliphatic heterocycles. The van der Waals surface area contributed by atoms with Gasteiger partial charge >= 0.3 is 0 Å². The topological polar surface area (TPSA) is 126 Å². The van der Waals surface area contributed by atoms with E-state index in [1.54, 1.807) is 31.4 Å². The van der Waals surface area contributed by atoms with Gasteiger partial charge in [0.2, 0.25) is 17.7 Å². The third kappa shape index (κ3) is 7.89. The predicted octanol–water partition coefficient (Wildman–Crippen LogP) is 2.04. The molecule has 1 saturated heterocycles. The smallest absolute Gasteiger partial charge is 0.234 e. The van der Waals surface area contributed by atoms with E-state index in [1.807, 2.05) is 24.3 Å². The van der Waals surface area contributed by atoms with E-state index >= 15 is 0 Å². The number of hydrogen-bond donors (Lipinski definition) is 4. The highest BCUT2D eigenvalue weighted by molar-refractivity contribution is 8.00. The van der Waals surface area contributed by atoms with Crippen molar-refractivity contribution >= 4 is 41.0 Å². The van der Waals surface area contributed by atoms with Crippen LogP contribution in [0.3, 0.4) is 0 Å². The summed E-state index contributed by atoms with van der Waals surface area (Å²) in [6.45, 7) is 1.84. The summed E-state index contributed by atoms with van der Waals surface area (Å²) in [6, 6.07) is 13.7. The van der Waals surface area contributed by atoms with Crippen LogP contribution in [0.1, 0.15) is 35.7 Å². The summed E-state index contributed by atoms with van der Waals surface area (Å²) in [6.07, 6.45) is 0.321. The molecule has 2 aromatic rings. The summed E-state index contributed by atoms with van der Waals surface area (Å²) in [5, 5.41) is 11.6. The van der Waals surface area contributed by atoms with E-state index in [-0.39, 0.29) is 48.1 Å². The highest BCUT2D eigenvalue weighted by atomic mass is 32.2. The van der Waals surface area contributed by atoms with Crippen LogP contribution in [0.2, 0.25) is 0 Å². The molecule has 0 spiro atoms. The molecule has 2 atom stereocenters. The van der Waals surface area contributed by atoms with Crippen LogP contribution >= 0.6 is 11.8 Å². The highest BCUT2D eigenvalue weighted by Crippen LogP contribution is 2.16. The van der Waals surface area contributed by atoms with Crippen LogP contribution in [0.15, 0.2) is 48.5 Å². The molecular formula is C24H28N4O5S. The number of benzene rings is 2. The maximum absolute atomic E-state index is 12.4. The Morgan fingerprint density at radius 1 is 1.12 bits per heavy atom. The van der Waals surface area contributed by atoms with E-state index in [0.717, 1.165) is 5.56 Å². The second-order valence-corrected chi connectivity index (χ2v) is 8.93. The van der Waals surface area contributed by atoms with E-state index in [1.165, 1.54) is 18.7 Å². The summed E-state index contributed by atoms with van der Waals surface area (Å²) in [5.41, 5.74) is 1.59. The number of amides is 3. The van der Waals surface area contributed by atoms with Gasteiger partial charge in [0.25, 0.3) is 0 Å². The average molecular weight is 485 g/mol. The number of thioether (sulfide) groups is 1. The molecule has 0 saturated carbocycles. The van der Waals surface area contributed by atoms with Gasteiger partial charge in [-0.3, -0.25) is 24.5 Å². The molecular weight excluding hydrogens is 456 g/mol. The first-order valence-corrected chi connectivity index (χ1v) is 11.8. The SMILES string of the molecule is COc1cccc(CNC(=O)CC2CC(=O)NC(SCC(=O)Nc3ccc(C(C)=O)cc3)N2)c1. The number of hydrogen-bond acceptors (Lipinski definition) is 7. The van der Waals surface area contributed by atoms with Crippen molar-refractivity contribution in [2.45, 2.75) is 37.8 Å². The number of anilines is 1. The second kappa shape index (κ2) is 12.2. The van der Waals surface area contributed by atoms with Gasteiger partial charge in [0.1, 0.15) is 11.2 Å². The van der Waals surface area contributed by atoms with Crippen LogP contribution < -0.4 is 26.0 Å². The molecule has 0 aliphatic carbocycles. The molecule has 10 heteroatoms.